The molecule has 1 nitrogen and oxygen atoms in total. The number of unbranched alkanes of at least 4 members (excludes halogenated alkanes) is 20. The minimum Gasteiger partial charge on any atom is -0.306 e. The van der Waals surface area contributed by atoms with Crippen LogP contribution >= 0.6 is 0 Å². The molecule has 0 rings (SSSR count). The average molecular weight is 424 g/mol. The van der Waals surface area contributed by atoms with E-state index in [-0.39, 0.29) is 0 Å². The van der Waals surface area contributed by atoms with Crippen molar-refractivity contribution in [2.75, 3.05) is 14.1 Å². The number of hydrogen-bond donors (Lipinski definition) is 0. The van der Waals surface area contributed by atoms with Gasteiger partial charge in [-0.15, -0.1) is 0 Å². The summed E-state index contributed by atoms with van der Waals surface area (Å²) in [6.45, 7) is 4.61. The zero-order chi connectivity index (χ0) is 22.1. The van der Waals surface area contributed by atoms with Gasteiger partial charge in [-0.3, -0.25) is 0 Å². The Morgan fingerprint density at radius 3 is 0.833 bits per heavy atom. The first-order valence-electron chi connectivity index (χ1n) is 14.4. The highest BCUT2D eigenvalue weighted by Gasteiger charge is 2.10. The van der Waals surface area contributed by atoms with Crippen molar-refractivity contribution >= 4 is 0 Å². The van der Waals surface area contributed by atoms with Gasteiger partial charge in [0.15, 0.2) is 0 Å². The lowest BCUT2D eigenvalue weighted by atomic mass is 9.99. The van der Waals surface area contributed by atoms with Crippen LogP contribution in [0.3, 0.4) is 0 Å². The topological polar surface area (TPSA) is 3.24 Å². The molecule has 0 N–H and O–H groups in total. The second-order valence-electron chi connectivity index (χ2n) is 10.3. The molecular formula is C29H61N. The fraction of sp³-hybridized carbons (Fsp3) is 1.00. The molecule has 0 aromatic rings. The normalized spacial score (nSPS) is 11.8. The summed E-state index contributed by atoms with van der Waals surface area (Å²) < 4.78 is 0. The van der Waals surface area contributed by atoms with E-state index < -0.39 is 0 Å². The van der Waals surface area contributed by atoms with Crippen molar-refractivity contribution < 1.29 is 0 Å². The SMILES string of the molecule is CCCCCCCCCCCCCC(CCCCCCCCCCCCC)N(C)C. The molecule has 0 aromatic carbocycles. The summed E-state index contributed by atoms with van der Waals surface area (Å²) in [5, 5.41) is 0. The summed E-state index contributed by atoms with van der Waals surface area (Å²) in [5.41, 5.74) is 0. The Kier molecular flexibility index (Phi) is 25.2. The summed E-state index contributed by atoms with van der Waals surface area (Å²) in [7, 11) is 4.59. The highest BCUT2D eigenvalue weighted by atomic mass is 15.1. The summed E-state index contributed by atoms with van der Waals surface area (Å²) >= 11 is 0. The zero-order valence-electron chi connectivity index (χ0n) is 22.0. The van der Waals surface area contributed by atoms with Gasteiger partial charge >= 0.3 is 0 Å². The van der Waals surface area contributed by atoms with Crippen molar-refractivity contribution in [1.29, 1.82) is 0 Å². The zero-order valence-corrected chi connectivity index (χ0v) is 22.0. The maximum atomic E-state index is 2.49. The second-order valence-corrected chi connectivity index (χ2v) is 10.3. The molecule has 0 aliphatic carbocycles. The second kappa shape index (κ2) is 25.2. The van der Waals surface area contributed by atoms with E-state index >= 15 is 0 Å². The lowest BCUT2D eigenvalue weighted by molar-refractivity contribution is 0.251. The fourth-order valence-corrected chi connectivity index (χ4v) is 4.75. The van der Waals surface area contributed by atoms with Crippen molar-refractivity contribution in [2.24, 2.45) is 0 Å². The van der Waals surface area contributed by atoms with Gasteiger partial charge in [-0.05, 0) is 26.9 Å². The monoisotopic (exact) mass is 423 g/mol. The molecule has 0 aliphatic rings. The van der Waals surface area contributed by atoms with E-state index in [2.05, 4.69) is 32.8 Å². The fourth-order valence-electron chi connectivity index (χ4n) is 4.75. The van der Waals surface area contributed by atoms with E-state index in [0.29, 0.717) is 0 Å². The Bertz CT molecular complexity index is 273. The highest BCUT2D eigenvalue weighted by molar-refractivity contribution is 4.67. The molecule has 1 heteroatoms. The first-order valence-corrected chi connectivity index (χ1v) is 14.4. The van der Waals surface area contributed by atoms with Crippen molar-refractivity contribution in [2.45, 2.75) is 174 Å². The van der Waals surface area contributed by atoms with Crippen molar-refractivity contribution in [3.8, 4) is 0 Å². The third-order valence-electron chi connectivity index (χ3n) is 7.01. The van der Waals surface area contributed by atoms with Gasteiger partial charge in [-0.25, -0.2) is 0 Å². The molecule has 0 atom stereocenters. The van der Waals surface area contributed by atoms with Crippen molar-refractivity contribution in [3.63, 3.8) is 0 Å². The lowest BCUT2D eigenvalue weighted by Gasteiger charge is -2.24. The number of nitrogens with zero attached hydrogens (tertiary/aromatic N) is 1. The molecule has 0 radical (unpaired) electrons. The van der Waals surface area contributed by atoms with Gasteiger partial charge in [-0.1, -0.05) is 155 Å². The molecule has 0 aromatic heterocycles. The van der Waals surface area contributed by atoms with Crippen molar-refractivity contribution in [3.05, 3.63) is 0 Å². The van der Waals surface area contributed by atoms with E-state index in [0.717, 1.165) is 6.04 Å². The van der Waals surface area contributed by atoms with Crippen LogP contribution in [-0.4, -0.2) is 25.0 Å². The van der Waals surface area contributed by atoms with E-state index in [1.807, 2.05) is 0 Å². The number of rotatable bonds is 25. The van der Waals surface area contributed by atoms with Crippen molar-refractivity contribution in [1.82, 2.24) is 4.90 Å². The summed E-state index contributed by atoms with van der Waals surface area (Å²) in [4.78, 5) is 2.49. The third kappa shape index (κ3) is 22.6. The molecule has 0 unspecified atom stereocenters. The van der Waals surface area contributed by atoms with Gasteiger partial charge in [0.2, 0.25) is 0 Å². The maximum Gasteiger partial charge on any atom is 0.00891 e. The van der Waals surface area contributed by atoms with E-state index in [9.17, 15) is 0 Å². The molecule has 0 saturated carbocycles. The Balaban J connectivity index is 3.42. The van der Waals surface area contributed by atoms with Gasteiger partial charge in [0.25, 0.3) is 0 Å². The van der Waals surface area contributed by atoms with Crippen LogP contribution in [0.15, 0.2) is 0 Å². The van der Waals surface area contributed by atoms with Gasteiger partial charge < -0.3 is 4.90 Å². The van der Waals surface area contributed by atoms with Crippen LogP contribution in [-0.2, 0) is 0 Å². The molecule has 0 amide bonds. The minimum absolute atomic E-state index is 0.821. The van der Waals surface area contributed by atoms with Crippen LogP contribution in [0.25, 0.3) is 0 Å². The largest absolute Gasteiger partial charge is 0.306 e. The summed E-state index contributed by atoms with van der Waals surface area (Å²) in [6, 6.07) is 0.821. The first-order chi connectivity index (χ1) is 14.7. The predicted octanol–water partition coefficient (Wildman–Crippen LogP) is 10.3. The number of hydrogen-bond acceptors (Lipinski definition) is 1. The predicted molar refractivity (Wildman–Crippen MR) is 140 cm³/mol. The minimum atomic E-state index is 0.821. The molecule has 0 saturated heterocycles. The first kappa shape index (κ1) is 30.0. The molecule has 0 heterocycles. The summed E-state index contributed by atoms with van der Waals surface area (Å²) in [5.74, 6) is 0. The summed E-state index contributed by atoms with van der Waals surface area (Å²) in [6.07, 6.45) is 34.8. The molecule has 182 valence electrons. The van der Waals surface area contributed by atoms with Gasteiger partial charge in [0, 0.05) is 6.04 Å². The Hall–Kier alpha value is -0.0400. The van der Waals surface area contributed by atoms with Crippen LogP contribution in [0.1, 0.15) is 168 Å². The Morgan fingerprint density at radius 2 is 0.600 bits per heavy atom. The molecular weight excluding hydrogens is 362 g/mol. The highest BCUT2D eigenvalue weighted by Crippen LogP contribution is 2.18. The quantitative estimate of drug-likeness (QED) is 0.132. The maximum absolute atomic E-state index is 2.49. The van der Waals surface area contributed by atoms with Crippen LogP contribution < -0.4 is 0 Å². The molecule has 0 spiro atoms. The lowest BCUT2D eigenvalue weighted by Crippen LogP contribution is -2.27. The van der Waals surface area contributed by atoms with E-state index in [1.54, 1.807) is 0 Å². The van der Waals surface area contributed by atoms with Gasteiger partial charge in [-0.2, -0.15) is 0 Å². The molecule has 0 aliphatic heterocycles. The van der Waals surface area contributed by atoms with Crippen LogP contribution in [0.2, 0.25) is 0 Å². The average Bonchev–Trinajstić information content (AvgIpc) is 2.74. The molecule has 0 fully saturated rings. The molecule has 30 heavy (non-hydrogen) atoms. The molecule has 0 bridgehead atoms. The van der Waals surface area contributed by atoms with Gasteiger partial charge in [0.1, 0.15) is 0 Å². The Morgan fingerprint density at radius 1 is 0.367 bits per heavy atom. The van der Waals surface area contributed by atoms with Crippen LogP contribution in [0, 0.1) is 0 Å². The Labute approximate surface area is 193 Å². The third-order valence-corrected chi connectivity index (χ3v) is 7.01. The van der Waals surface area contributed by atoms with E-state index in [4.69, 9.17) is 0 Å². The van der Waals surface area contributed by atoms with Crippen LogP contribution in [0.5, 0.6) is 0 Å². The van der Waals surface area contributed by atoms with E-state index in [1.165, 1.54) is 154 Å². The standard InChI is InChI=1S/C29H61N/c1-5-7-9-11-13-15-17-19-21-23-25-27-29(30(3)4)28-26-24-22-20-18-16-14-12-10-8-6-2/h29H,5-28H2,1-4H3. The smallest absolute Gasteiger partial charge is 0.00891 e. The van der Waals surface area contributed by atoms with Crippen LogP contribution in [0.4, 0.5) is 0 Å². The van der Waals surface area contributed by atoms with Gasteiger partial charge in [0.05, 0.1) is 0 Å².